The number of hydrogen-bond donors (Lipinski definition) is 1. The minimum Gasteiger partial charge on any atom is -0.344 e. The molecule has 1 N–H and O–H groups in total. The first-order valence-electron chi connectivity index (χ1n) is 8.77. The van der Waals surface area contributed by atoms with E-state index in [0.29, 0.717) is 11.1 Å². The molecule has 30 heavy (non-hydrogen) atoms. The molecule has 0 atom stereocenters. The lowest BCUT2D eigenvalue weighted by atomic mass is 10.00. The van der Waals surface area contributed by atoms with Gasteiger partial charge in [0.15, 0.2) is 0 Å². The number of alkyl halides is 3. The van der Waals surface area contributed by atoms with Crippen LogP contribution in [0.4, 0.5) is 13.2 Å². The third kappa shape index (κ3) is 4.15. The number of fused-ring (bicyclic) bond motifs is 1. The van der Waals surface area contributed by atoms with Gasteiger partial charge in [0.1, 0.15) is 5.15 Å². The molecule has 152 valence electrons. The Morgan fingerprint density at radius 1 is 1.03 bits per heavy atom. The molecule has 4 aromatic rings. The highest BCUT2D eigenvalue weighted by molar-refractivity contribution is 7.09. The van der Waals surface area contributed by atoms with Crippen molar-refractivity contribution < 1.29 is 18.0 Å². The lowest BCUT2D eigenvalue weighted by molar-refractivity contribution is -0.136. The fourth-order valence-electron chi connectivity index (χ4n) is 2.97. The Balaban J connectivity index is 1.80. The smallest absolute Gasteiger partial charge is 0.344 e. The summed E-state index contributed by atoms with van der Waals surface area (Å²) in [6.45, 7) is 0.217. The number of nitrogens with one attached hydrogen (secondary N) is 1. The first-order valence-corrected chi connectivity index (χ1v) is 10.0. The minimum absolute atomic E-state index is 0.0279. The molecule has 0 fully saturated rings. The number of rotatable bonds is 4. The maximum atomic E-state index is 13.8. The number of benzene rings is 2. The van der Waals surface area contributed by atoms with Crippen molar-refractivity contribution in [3.8, 4) is 11.1 Å². The largest absolute Gasteiger partial charge is 0.418 e. The van der Waals surface area contributed by atoms with Crippen LogP contribution in [0.3, 0.4) is 0 Å². The molecule has 2 heterocycles. The molecule has 4 rings (SSSR count). The molecule has 2 aromatic carbocycles. The van der Waals surface area contributed by atoms with Gasteiger partial charge in [-0.2, -0.15) is 13.2 Å². The summed E-state index contributed by atoms with van der Waals surface area (Å²) >= 11 is 7.63. The molecular weight excluding hydrogens is 435 g/mol. The van der Waals surface area contributed by atoms with E-state index in [9.17, 15) is 18.0 Å². The zero-order chi connectivity index (χ0) is 21.3. The van der Waals surface area contributed by atoms with Crippen LogP contribution < -0.4 is 5.32 Å². The second-order valence-electron chi connectivity index (χ2n) is 6.38. The first-order chi connectivity index (χ1) is 14.3. The number of hydrogen-bond acceptors (Lipinski definition) is 4. The van der Waals surface area contributed by atoms with Crippen molar-refractivity contribution in [1.82, 2.24) is 15.3 Å². The summed E-state index contributed by atoms with van der Waals surface area (Å²) in [5, 5.41) is 4.26. The summed E-state index contributed by atoms with van der Waals surface area (Å²) in [7, 11) is 0. The van der Waals surface area contributed by atoms with Crippen LogP contribution in [0.2, 0.25) is 5.15 Å². The Morgan fingerprint density at radius 2 is 1.80 bits per heavy atom. The maximum absolute atomic E-state index is 13.8. The number of halogens is 4. The summed E-state index contributed by atoms with van der Waals surface area (Å²) < 4.78 is 41.4. The molecule has 0 saturated carbocycles. The van der Waals surface area contributed by atoms with Crippen molar-refractivity contribution in [3.63, 3.8) is 0 Å². The Bertz CT molecular complexity index is 1210. The quantitative estimate of drug-likeness (QED) is 0.393. The second kappa shape index (κ2) is 8.04. The van der Waals surface area contributed by atoms with E-state index >= 15 is 0 Å². The van der Waals surface area contributed by atoms with Gasteiger partial charge in [-0.1, -0.05) is 48.0 Å². The van der Waals surface area contributed by atoms with E-state index in [1.54, 1.807) is 30.3 Å². The van der Waals surface area contributed by atoms with E-state index in [2.05, 4.69) is 15.3 Å². The standard InChI is InChI=1S/C21H13ClF3N3OS/c22-18-15-9-13(12-5-2-1-3-6-12)10-16(21(23,24)25)17(15)27-19(28-18)20(29)26-11-14-7-4-8-30-14/h1-10H,11H2,(H,26,29). The van der Waals surface area contributed by atoms with Gasteiger partial charge in [0.05, 0.1) is 17.6 Å². The van der Waals surface area contributed by atoms with E-state index in [0.717, 1.165) is 10.9 Å². The Labute approximate surface area is 178 Å². The van der Waals surface area contributed by atoms with Gasteiger partial charge in [-0.05, 0) is 34.7 Å². The predicted octanol–water partition coefficient (Wildman–Crippen LogP) is 5.96. The molecule has 0 aliphatic rings. The van der Waals surface area contributed by atoms with Gasteiger partial charge >= 0.3 is 6.18 Å². The van der Waals surface area contributed by atoms with Crippen molar-refractivity contribution in [1.29, 1.82) is 0 Å². The molecule has 0 saturated heterocycles. The van der Waals surface area contributed by atoms with Crippen LogP contribution >= 0.6 is 22.9 Å². The van der Waals surface area contributed by atoms with E-state index in [4.69, 9.17) is 11.6 Å². The van der Waals surface area contributed by atoms with Crippen molar-refractivity contribution in [2.75, 3.05) is 0 Å². The summed E-state index contributed by atoms with van der Waals surface area (Å²) in [6, 6.07) is 14.8. The lowest BCUT2D eigenvalue weighted by Crippen LogP contribution is -2.25. The van der Waals surface area contributed by atoms with Crippen LogP contribution in [-0.2, 0) is 12.7 Å². The van der Waals surface area contributed by atoms with Gasteiger partial charge in [0.2, 0.25) is 5.82 Å². The van der Waals surface area contributed by atoms with Crippen molar-refractivity contribution in [2.24, 2.45) is 0 Å². The van der Waals surface area contributed by atoms with Crippen molar-refractivity contribution in [3.05, 3.63) is 81.4 Å². The second-order valence-corrected chi connectivity index (χ2v) is 7.77. The third-order valence-electron chi connectivity index (χ3n) is 4.37. The van der Waals surface area contributed by atoms with E-state index in [1.807, 2.05) is 17.5 Å². The number of nitrogens with zero attached hydrogens (tertiary/aromatic N) is 2. The molecule has 0 aliphatic carbocycles. The van der Waals surface area contributed by atoms with Gasteiger partial charge in [0.25, 0.3) is 5.91 Å². The van der Waals surface area contributed by atoms with Crippen LogP contribution in [0.25, 0.3) is 22.0 Å². The molecule has 0 spiro atoms. The van der Waals surface area contributed by atoms with Gasteiger partial charge in [-0.25, -0.2) is 9.97 Å². The highest BCUT2D eigenvalue weighted by Crippen LogP contribution is 2.39. The van der Waals surface area contributed by atoms with E-state index < -0.39 is 29.0 Å². The van der Waals surface area contributed by atoms with Gasteiger partial charge in [-0.15, -0.1) is 11.3 Å². The number of carbonyl (C=O) groups is 1. The van der Waals surface area contributed by atoms with E-state index in [-0.39, 0.29) is 17.1 Å². The number of aromatic nitrogens is 2. The lowest BCUT2D eigenvalue weighted by Gasteiger charge is -2.14. The number of carbonyl (C=O) groups excluding carboxylic acids is 1. The molecule has 0 radical (unpaired) electrons. The van der Waals surface area contributed by atoms with Crippen molar-refractivity contribution in [2.45, 2.75) is 12.7 Å². The Morgan fingerprint density at radius 3 is 2.47 bits per heavy atom. The van der Waals surface area contributed by atoms with Crippen LogP contribution in [0.1, 0.15) is 21.1 Å². The fraction of sp³-hybridized carbons (Fsp3) is 0.0952. The molecular formula is C21H13ClF3N3OS. The van der Waals surface area contributed by atoms with Crippen LogP contribution in [-0.4, -0.2) is 15.9 Å². The first kappa shape index (κ1) is 20.3. The molecule has 0 aliphatic heterocycles. The zero-order valence-corrected chi connectivity index (χ0v) is 16.8. The molecule has 0 unspecified atom stereocenters. The zero-order valence-electron chi connectivity index (χ0n) is 15.2. The van der Waals surface area contributed by atoms with Crippen molar-refractivity contribution >= 4 is 39.7 Å². The molecule has 4 nitrogen and oxygen atoms in total. The van der Waals surface area contributed by atoms with Gasteiger partial charge in [-0.3, -0.25) is 4.79 Å². The molecule has 2 aromatic heterocycles. The van der Waals surface area contributed by atoms with Crippen LogP contribution in [0.15, 0.2) is 60.0 Å². The monoisotopic (exact) mass is 447 g/mol. The SMILES string of the molecule is O=C(NCc1cccs1)c1nc(Cl)c2cc(-c3ccccc3)cc(C(F)(F)F)c2n1. The Kier molecular flexibility index (Phi) is 5.44. The van der Waals surface area contributed by atoms with E-state index in [1.165, 1.54) is 17.4 Å². The summed E-state index contributed by atoms with van der Waals surface area (Å²) in [4.78, 5) is 21.2. The maximum Gasteiger partial charge on any atom is 0.418 e. The highest BCUT2D eigenvalue weighted by Gasteiger charge is 2.35. The summed E-state index contributed by atoms with van der Waals surface area (Å²) in [5.74, 6) is -1.12. The molecule has 9 heteroatoms. The Hall–Kier alpha value is -2.97. The molecule has 0 bridgehead atoms. The average Bonchev–Trinajstić information content (AvgIpc) is 3.25. The third-order valence-corrected chi connectivity index (χ3v) is 5.54. The average molecular weight is 448 g/mol. The summed E-state index contributed by atoms with van der Waals surface area (Å²) in [5.41, 5.74) is -0.464. The molecule has 1 amide bonds. The van der Waals surface area contributed by atoms with Crippen LogP contribution in [0, 0.1) is 0 Å². The number of thiophene rings is 1. The fourth-order valence-corrected chi connectivity index (χ4v) is 3.84. The van der Waals surface area contributed by atoms with Crippen LogP contribution in [0.5, 0.6) is 0 Å². The summed E-state index contributed by atoms with van der Waals surface area (Å²) in [6.07, 6.45) is -4.69. The number of amides is 1. The minimum atomic E-state index is -4.69. The highest BCUT2D eigenvalue weighted by atomic mass is 35.5. The van der Waals surface area contributed by atoms with Gasteiger partial charge in [0, 0.05) is 10.3 Å². The van der Waals surface area contributed by atoms with Gasteiger partial charge < -0.3 is 5.32 Å². The topological polar surface area (TPSA) is 54.9 Å². The normalized spacial score (nSPS) is 11.6. The predicted molar refractivity (Wildman–Crippen MR) is 110 cm³/mol.